The standard InChI is InChI=1S/C16H32/c1-14(2,3)12-13-15(4,5)16(6)10-8-7-9-11-16/h7-13H2,1-6H3. The second-order valence-corrected chi connectivity index (χ2v) is 8.07. The molecule has 16 heavy (non-hydrogen) atoms. The van der Waals surface area contributed by atoms with Crippen molar-refractivity contribution < 1.29 is 0 Å². The maximum Gasteiger partial charge on any atom is -0.0275 e. The van der Waals surface area contributed by atoms with E-state index in [1.165, 1.54) is 44.9 Å². The highest BCUT2D eigenvalue weighted by Gasteiger charge is 2.41. The second-order valence-electron chi connectivity index (χ2n) is 8.07. The van der Waals surface area contributed by atoms with Gasteiger partial charge in [0.15, 0.2) is 0 Å². The summed E-state index contributed by atoms with van der Waals surface area (Å²) in [5, 5.41) is 0. The van der Waals surface area contributed by atoms with Crippen LogP contribution in [0.3, 0.4) is 0 Å². The van der Waals surface area contributed by atoms with Crippen LogP contribution in [0.5, 0.6) is 0 Å². The summed E-state index contributed by atoms with van der Waals surface area (Å²) >= 11 is 0. The predicted octanol–water partition coefficient (Wildman–Crippen LogP) is 5.81. The van der Waals surface area contributed by atoms with Crippen LogP contribution in [0.2, 0.25) is 0 Å². The molecular weight excluding hydrogens is 192 g/mol. The number of rotatable bonds is 3. The van der Waals surface area contributed by atoms with Crippen LogP contribution in [0.25, 0.3) is 0 Å². The van der Waals surface area contributed by atoms with Crippen LogP contribution in [0.15, 0.2) is 0 Å². The van der Waals surface area contributed by atoms with Gasteiger partial charge >= 0.3 is 0 Å². The summed E-state index contributed by atoms with van der Waals surface area (Å²) in [4.78, 5) is 0. The van der Waals surface area contributed by atoms with E-state index in [2.05, 4.69) is 41.5 Å². The largest absolute Gasteiger partial charge is 0.0602 e. The van der Waals surface area contributed by atoms with Gasteiger partial charge in [0.25, 0.3) is 0 Å². The van der Waals surface area contributed by atoms with Crippen LogP contribution >= 0.6 is 0 Å². The molecule has 0 amide bonds. The van der Waals surface area contributed by atoms with E-state index in [-0.39, 0.29) is 0 Å². The van der Waals surface area contributed by atoms with Gasteiger partial charge in [0.1, 0.15) is 0 Å². The predicted molar refractivity (Wildman–Crippen MR) is 73.7 cm³/mol. The van der Waals surface area contributed by atoms with Gasteiger partial charge in [-0.25, -0.2) is 0 Å². The molecule has 1 aliphatic carbocycles. The normalized spacial score (nSPS) is 22.1. The molecule has 0 radical (unpaired) electrons. The average Bonchev–Trinajstić information content (AvgIpc) is 2.15. The molecule has 0 aliphatic heterocycles. The quantitative estimate of drug-likeness (QED) is 0.567. The highest BCUT2D eigenvalue weighted by Crippen LogP contribution is 2.52. The molecule has 96 valence electrons. The van der Waals surface area contributed by atoms with E-state index >= 15 is 0 Å². The molecular formula is C16H32. The van der Waals surface area contributed by atoms with Gasteiger partial charge in [0.2, 0.25) is 0 Å². The Labute approximate surface area is 103 Å². The Hall–Kier alpha value is 0. The maximum atomic E-state index is 2.54. The van der Waals surface area contributed by atoms with E-state index < -0.39 is 0 Å². The van der Waals surface area contributed by atoms with Crippen molar-refractivity contribution >= 4 is 0 Å². The summed E-state index contributed by atoms with van der Waals surface area (Å²) in [5.74, 6) is 0. The zero-order chi connectivity index (χ0) is 12.4. The fourth-order valence-electron chi connectivity index (χ4n) is 3.00. The van der Waals surface area contributed by atoms with Crippen molar-refractivity contribution in [3.8, 4) is 0 Å². The van der Waals surface area contributed by atoms with Crippen LogP contribution in [0, 0.1) is 16.2 Å². The Morgan fingerprint density at radius 1 is 0.812 bits per heavy atom. The zero-order valence-corrected chi connectivity index (χ0v) is 12.4. The Kier molecular flexibility index (Phi) is 4.13. The summed E-state index contributed by atoms with van der Waals surface area (Å²) in [6.07, 6.45) is 10.0. The van der Waals surface area contributed by atoms with E-state index in [1.54, 1.807) is 0 Å². The van der Waals surface area contributed by atoms with E-state index in [0.717, 1.165) is 0 Å². The van der Waals surface area contributed by atoms with E-state index in [4.69, 9.17) is 0 Å². The summed E-state index contributed by atoms with van der Waals surface area (Å²) < 4.78 is 0. The van der Waals surface area contributed by atoms with E-state index in [9.17, 15) is 0 Å². The van der Waals surface area contributed by atoms with Crippen molar-refractivity contribution in [2.45, 2.75) is 86.5 Å². The molecule has 0 heteroatoms. The average molecular weight is 224 g/mol. The minimum absolute atomic E-state index is 0.488. The molecule has 0 atom stereocenters. The Morgan fingerprint density at radius 2 is 1.31 bits per heavy atom. The van der Waals surface area contributed by atoms with Gasteiger partial charge in [-0.3, -0.25) is 0 Å². The van der Waals surface area contributed by atoms with Crippen molar-refractivity contribution in [1.29, 1.82) is 0 Å². The Morgan fingerprint density at radius 3 is 1.75 bits per heavy atom. The lowest BCUT2D eigenvalue weighted by atomic mass is 9.57. The lowest BCUT2D eigenvalue weighted by Gasteiger charge is -2.48. The van der Waals surface area contributed by atoms with Gasteiger partial charge in [-0.15, -0.1) is 0 Å². The second kappa shape index (κ2) is 4.70. The molecule has 0 unspecified atom stereocenters. The van der Waals surface area contributed by atoms with Crippen LogP contribution < -0.4 is 0 Å². The van der Waals surface area contributed by atoms with Gasteiger partial charge in [0, 0.05) is 0 Å². The van der Waals surface area contributed by atoms with Crippen molar-refractivity contribution in [2.24, 2.45) is 16.2 Å². The van der Waals surface area contributed by atoms with Crippen molar-refractivity contribution in [3.63, 3.8) is 0 Å². The van der Waals surface area contributed by atoms with E-state index in [0.29, 0.717) is 16.2 Å². The lowest BCUT2D eigenvalue weighted by molar-refractivity contribution is 0.0271. The summed E-state index contributed by atoms with van der Waals surface area (Å²) in [5.41, 5.74) is 1.60. The third-order valence-corrected chi connectivity index (χ3v) is 5.09. The van der Waals surface area contributed by atoms with Crippen molar-refractivity contribution in [3.05, 3.63) is 0 Å². The minimum Gasteiger partial charge on any atom is -0.0602 e. The van der Waals surface area contributed by atoms with Gasteiger partial charge in [-0.05, 0) is 41.9 Å². The first-order chi connectivity index (χ1) is 7.16. The van der Waals surface area contributed by atoms with Crippen LogP contribution in [-0.4, -0.2) is 0 Å². The van der Waals surface area contributed by atoms with Crippen LogP contribution in [0.1, 0.15) is 86.5 Å². The zero-order valence-electron chi connectivity index (χ0n) is 12.4. The summed E-state index contributed by atoms with van der Waals surface area (Å²) in [6, 6.07) is 0. The SMILES string of the molecule is CC(C)(C)CCC(C)(C)C1(C)CCCCC1. The third-order valence-electron chi connectivity index (χ3n) is 5.09. The molecule has 0 spiro atoms. The monoisotopic (exact) mass is 224 g/mol. The molecule has 0 aromatic rings. The van der Waals surface area contributed by atoms with Crippen LogP contribution in [0.4, 0.5) is 0 Å². The first-order valence-corrected chi connectivity index (χ1v) is 7.16. The molecule has 0 nitrogen and oxygen atoms in total. The molecule has 0 aromatic heterocycles. The molecule has 0 bridgehead atoms. The number of hydrogen-bond donors (Lipinski definition) is 0. The van der Waals surface area contributed by atoms with E-state index in [1.807, 2.05) is 0 Å². The molecule has 1 aliphatic rings. The number of hydrogen-bond acceptors (Lipinski definition) is 0. The maximum absolute atomic E-state index is 2.54. The molecule has 1 rings (SSSR count). The smallest absolute Gasteiger partial charge is 0.0275 e. The Bertz CT molecular complexity index is 211. The van der Waals surface area contributed by atoms with Crippen LogP contribution in [-0.2, 0) is 0 Å². The van der Waals surface area contributed by atoms with Gasteiger partial charge in [-0.2, -0.15) is 0 Å². The van der Waals surface area contributed by atoms with Crippen molar-refractivity contribution in [2.75, 3.05) is 0 Å². The summed E-state index contributed by atoms with van der Waals surface area (Å²) in [6.45, 7) is 14.6. The fraction of sp³-hybridized carbons (Fsp3) is 1.00. The first-order valence-electron chi connectivity index (χ1n) is 7.16. The molecule has 0 aromatic carbocycles. The third kappa shape index (κ3) is 3.50. The summed E-state index contributed by atoms with van der Waals surface area (Å²) in [7, 11) is 0. The lowest BCUT2D eigenvalue weighted by Crippen LogP contribution is -2.37. The fourth-order valence-corrected chi connectivity index (χ4v) is 3.00. The minimum atomic E-state index is 0.488. The Balaban J connectivity index is 2.60. The molecule has 0 saturated heterocycles. The molecule has 0 heterocycles. The molecule has 0 N–H and O–H groups in total. The highest BCUT2D eigenvalue weighted by molar-refractivity contribution is 4.92. The first kappa shape index (κ1) is 14.1. The molecule has 1 saturated carbocycles. The van der Waals surface area contributed by atoms with Crippen molar-refractivity contribution in [1.82, 2.24) is 0 Å². The van der Waals surface area contributed by atoms with Gasteiger partial charge < -0.3 is 0 Å². The van der Waals surface area contributed by atoms with Gasteiger partial charge in [0.05, 0.1) is 0 Å². The van der Waals surface area contributed by atoms with Gasteiger partial charge in [-0.1, -0.05) is 60.8 Å². The topological polar surface area (TPSA) is 0 Å². The highest BCUT2D eigenvalue weighted by atomic mass is 14.5. The molecule has 1 fully saturated rings.